The van der Waals surface area contributed by atoms with Gasteiger partial charge in [0.05, 0.1) is 17.7 Å². The van der Waals surface area contributed by atoms with Crippen molar-refractivity contribution >= 4 is 29.1 Å². The average molecular weight is 380 g/mol. The molecule has 0 bridgehead atoms. The van der Waals surface area contributed by atoms with Gasteiger partial charge in [-0.2, -0.15) is 0 Å². The molecule has 0 aliphatic carbocycles. The monoisotopic (exact) mass is 379 g/mol. The summed E-state index contributed by atoms with van der Waals surface area (Å²) in [6.07, 6.45) is 0.472. The molecule has 26 heavy (non-hydrogen) atoms. The molecule has 1 amide bonds. The van der Waals surface area contributed by atoms with E-state index in [1.807, 2.05) is 4.90 Å². The van der Waals surface area contributed by atoms with Gasteiger partial charge in [0.15, 0.2) is 0 Å². The lowest BCUT2D eigenvalue weighted by Crippen LogP contribution is -2.48. The third kappa shape index (κ3) is 4.20. The summed E-state index contributed by atoms with van der Waals surface area (Å²) >= 11 is 5.65. The molecule has 9 heteroatoms. The molecule has 1 saturated heterocycles. The lowest BCUT2D eigenvalue weighted by Gasteiger charge is -2.32. The number of halogens is 2. The molecule has 0 saturated carbocycles. The number of nitrogens with zero attached hydrogens (tertiary/aromatic N) is 4. The maximum atomic E-state index is 13.5. The molecule has 3 rings (SSSR count). The Balaban J connectivity index is 1.63. The van der Waals surface area contributed by atoms with Gasteiger partial charge in [0, 0.05) is 32.7 Å². The van der Waals surface area contributed by atoms with E-state index in [0.717, 1.165) is 0 Å². The van der Waals surface area contributed by atoms with Crippen LogP contribution in [-0.4, -0.2) is 59.1 Å². The van der Waals surface area contributed by atoms with Crippen molar-refractivity contribution in [3.05, 3.63) is 47.0 Å². The van der Waals surface area contributed by atoms with Crippen molar-refractivity contribution in [2.75, 3.05) is 43.4 Å². The van der Waals surface area contributed by atoms with Gasteiger partial charge >= 0.3 is 0 Å². The molecular weight excluding hydrogens is 361 g/mol. The number of carbonyl (C=O) groups is 1. The van der Waals surface area contributed by atoms with E-state index in [4.69, 9.17) is 11.6 Å². The van der Waals surface area contributed by atoms with Crippen LogP contribution in [0.15, 0.2) is 30.6 Å². The topological polar surface area (TPSA) is 81.6 Å². The molecule has 2 N–H and O–H groups in total. The second kappa shape index (κ2) is 7.84. The number of aliphatic hydroxyl groups is 1. The number of carbonyl (C=O) groups excluding carboxylic acids is 1. The van der Waals surface area contributed by atoms with Crippen LogP contribution < -0.4 is 10.2 Å². The quantitative estimate of drug-likeness (QED) is 0.822. The lowest BCUT2D eigenvalue weighted by molar-refractivity contribution is -0.129. The molecule has 138 valence electrons. The number of benzene rings is 1. The maximum absolute atomic E-state index is 13.5. The van der Waals surface area contributed by atoms with Crippen LogP contribution in [0.5, 0.6) is 0 Å². The number of aliphatic hydroxyl groups excluding tert-OH is 1. The van der Waals surface area contributed by atoms with Crippen LogP contribution in [0.2, 0.25) is 5.02 Å². The summed E-state index contributed by atoms with van der Waals surface area (Å²) in [5.41, 5.74) is 0.415. The number of hydrogen-bond acceptors (Lipinski definition) is 6. The zero-order valence-electron chi connectivity index (χ0n) is 14.2. The Morgan fingerprint density at radius 3 is 2.88 bits per heavy atom. The highest BCUT2D eigenvalue weighted by molar-refractivity contribution is 6.30. The van der Waals surface area contributed by atoms with Crippen LogP contribution in [0.4, 0.5) is 16.0 Å². The largest absolute Gasteiger partial charge is 0.387 e. The SMILES string of the molecule is CN1CCN(c2cc(NC[C@H](O)c3ccc(Cl)c(F)c3)ncn2)CC1=O. The van der Waals surface area contributed by atoms with Crippen molar-refractivity contribution in [1.82, 2.24) is 14.9 Å². The minimum absolute atomic E-state index is 0.0103. The molecule has 0 spiro atoms. The minimum atomic E-state index is -0.926. The summed E-state index contributed by atoms with van der Waals surface area (Å²) in [5.74, 6) is 0.600. The predicted octanol–water partition coefficient (Wildman–Crippen LogP) is 1.69. The van der Waals surface area contributed by atoms with Crippen LogP contribution in [-0.2, 0) is 4.79 Å². The fraction of sp³-hybridized carbons (Fsp3) is 0.353. The molecule has 0 radical (unpaired) electrons. The van der Waals surface area contributed by atoms with Crippen molar-refractivity contribution in [2.24, 2.45) is 0 Å². The van der Waals surface area contributed by atoms with E-state index in [2.05, 4.69) is 15.3 Å². The molecule has 1 aromatic heterocycles. The van der Waals surface area contributed by atoms with Crippen LogP contribution >= 0.6 is 11.6 Å². The summed E-state index contributed by atoms with van der Waals surface area (Å²) in [5, 5.41) is 13.2. The van der Waals surface area contributed by atoms with E-state index in [-0.39, 0.29) is 24.0 Å². The van der Waals surface area contributed by atoms with Crippen molar-refractivity contribution < 1.29 is 14.3 Å². The average Bonchev–Trinajstić information content (AvgIpc) is 2.64. The van der Waals surface area contributed by atoms with E-state index >= 15 is 0 Å². The number of amides is 1. The molecule has 1 atom stereocenters. The van der Waals surface area contributed by atoms with Gasteiger partial charge in [-0.3, -0.25) is 4.79 Å². The van der Waals surface area contributed by atoms with Gasteiger partial charge in [0.1, 0.15) is 23.8 Å². The number of nitrogens with one attached hydrogen (secondary N) is 1. The van der Waals surface area contributed by atoms with Gasteiger partial charge in [-0.1, -0.05) is 17.7 Å². The van der Waals surface area contributed by atoms with E-state index in [9.17, 15) is 14.3 Å². The number of aromatic nitrogens is 2. The lowest BCUT2D eigenvalue weighted by atomic mass is 10.1. The molecule has 7 nitrogen and oxygen atoms in total. The molecule has 1 fully saturated rings. The highest BCUT2D eigenvalue weighted by atomic mass is 35.5. The third-order valence-corrected chi connectivity index (χ3v) is 4.55. The van der Waals surface area contributed by atoms with Gasteiger partial charge in [-0.05, 0) is 17.7 Å². The summed E-state index contributed by atoms with van der Waals surface area (Å²) in [6, 6.07) is 5.89. The predicted molar refractivity (Wildman–Crippen MR) is 96.7 cm³/mol. The van der Waals surface area contributed by atoms with E-state index in [1.54, 1.807) is 24.1 Å². The zero-order chi connectivity index (χ0) is 18.7. The highest BCUT2D eigenvalue weighted by Gasteiger charge is 2.22. The van der Waals surface area contributed by atoms with Gasteiger partial charge in [-0.15, -0.1) is 0 Å². The highest BCUT2D eigenvalue weighted by Crippen LogP contribution is 2.21. The number of rotatable bonds is 5. The van der Waals surface area contributed by atoms with Crippen molar-refractivity contribution in [3.63, 3.8) is 0 Å². The van der Waals surface area contributed by atoms with E-state index in [0.29, 0.717) is 30.3 Å². The standard InChI is InChI=1S/C17H19ClFN5O2/c1-23-4-5-24(9-17(23)26)16-7-15(21-10-22-16)20-8-14(25)11-2-3-12(18)13(19)6-11/h2-3,6-7,10,14,25H,4-5,8-9H2,1H3,(H,20,21,22)/t14-/m0/s1. The fourth-order valence-corrected chi connectivity index (χ4v) is 2.73. The molecular formula is C17H19ClFN5O2. The molecule has 2 aromatic rings. The van der Waals surface area contributed by atoms with Gasteiger partial charge < -0.3 is 20.2 Å². The van der Waals surface area contributed by atoms with Gasteiger partial charge in [0.25, 0.3) is 0 Å². The first-order chi connectivity index (χ1) is 12.4. The second-order valence-corrected chi connectivity index (χ2v) is 6.48. The normalized spacial score (nSPS) is 15.9. The summed E-state index contributed by atoms with van der Waals surface area (Å²) in [4.78, 5) is 23.7. The second-order valence-electron chi connectivity index (χ2n) is 6.07. The summed E-state index contributed by atoms with van der Waals surface area (Å²) in [6.45, 7) is 1.72. The summed E-state index contributed by atoms with van der Waals surface area (Å²) in [7, 11) is 1.77. The molecule has 1 aromatic carbocycles. The maximum Gasteiger partial charge on any atom is 0.241 e. The molecule has 0 unspecified atom stereocenters. The third-order valence-electron chi connectivity index (χ3n) is 4.24. The first-order valence-corrected chi connectivity index (χ1v) is 8.49. The van der Waals surface area contributed by atoms with Crippen LogP contribution in [0, 0.1) is 5.82 Å². The van der Waals surface area contributed by atoms with Crippen molar-refractivity contribution in [3.8, 4) is 0 Å². The molecule has 1 aliphatic rings. The Morgan fingerprint density at radius 1 is 1.35 bits per heavy atom. The van der Waals surface area contributed by atoms with Crippen molar-refractivity contribution in [1.29, 1.82) is 0 Å². The Kier molecular flexibility index (Phi) is 5.53. The van der Waals surface area contributed by atoms with Gasteiger partial charge in [0.2, 0.25) is 5.91 Å². The number of likely N-dealkylation sites (N-methyl/N-ethyl adjacent to an activating group) is 1. The first kappa shape index (κ1) is 18.3. The van der Waals surface area contributed by atoms with Crippen molar-refractivity contribution in [2.45, 2.75) is 6.10 Å². The number of piperazine rings is 1. The van der Waals surface area contributed by atoms with Gasteiger partial charge in [-0.25, -0.2) is 14.4 Å². The first-order valence-electron chi connectivity index (χ1n) is 8.12. The minimum Gasteiger partial charge on any atom is -0.387 e. The zero-order valence-corrected chi connectivity index (χ0v) is 14.9. The van der Waals surface area contributed by atoms with E-state index in [1.165, 1.54) is 18.5 Å². The van der Waals surface area contributed by atoms with Crippen LogP contribution in [0.3, 0.4) is 0 Å². The fourth-order valence-electron chi connectivity index (χ4n) is 2.61. The van der Waals surface area contributed by atoms with Crippen LogP contribution in [0.25, 0.3) is 0 Å². The Bertz CT molecular complexity index is 806. The Labute approximate surface area is 155 Å². The smallest absolute Gasteiger partial charge is 0.241 e. The van der Waals surface area contributed by atoms with Crippen LogP contribution in [0.1, 0.15) is 11.7 Å². The molecule has 2 heterocycles. The number of anilines is 2. The van der Waals surface area contributed by atoms with E-state index < -0.39 is 11.9 Å². The Morgan fingerprint density at radius 2 is 2.15 bits per heavy atom. The molecule has 1 aliphatic heterocycles. The summed E-state index contributed by atoms with van der Waals surface area (Å²) < 4.78 is 13.5. The Hall–Kier alpha value is -2.45. The number of hydrogen-bond donors (Lipinski definition) is 2.